The molecule has 0 bridgehead atoms. The molecule has 6 heteroatoms. The zero-order chi connectivity index (χ0) is 13.1. The molecule has 0 unspecified atom stereocenters. The number of anilines is 2. The molecule has 0 aromatic carbocycles. The van der Waals surface area contributed by atoms with Crippen molar-refractivity contribution >= 4 is 29.0 Å². The summed E-state index contributed by atoms with van der Waals surface area (Å²) in [5, 5.41) is 2.82. The maximum absolute atomic E-state index is 12.0. The highest BCUT2D eigenvalue weighted by molar-refractivity contribution is 6.32. The zero-order valence-electron chi connectivity index (χ0n) is 9.98. The van der Waals surface area contributed by atoms with Crippen LogP contribution in [0.25, 0.3) is 0 Å². The van der Waals surface area contributed by atoms with Crippen LogP contribution < -0.4 is 10.2 Å². The summed E-state index contributed by atoms with van der Waals surface area (Å²) in [4.78, 5) is 18.0. The van der Waals surface area contributed by atoms with Gasteiger partial charge >= 0.3 is 0 Å². The first-order valence-corrected chi connectivity index (χ1v) is 5.64. The minimum atomic E-state index is -0.329. The molecule has 2 heterocycles. The highest BCUT2D eigenvalue weighted by Crippen LogP contribution is 2.23. The van der Waals surface area contributed by atoms with Gasteiger partial charge in [-0.25, -0.2) is 4.98 Å². The molecular weight excluding hydrogens is 254 g/mol. The van der Waals surface area contributed by atoms with Crippen LogP contribution in [0.1, 0.15) is 10.4 Å². The van der Waals surface area contributed by atoms with Crippen molar-refractivity contribution in [1.82, 2.24) is 4.98 Å². The van der Waals surface area contributed by atoms with E-state index in [1.807, 2.05) is 19.0 Å². The predicted octanol–water partition coefficient (Wildman–Crippen LogP) is 2.65. The van der Waals surface area contributed by atoms with Gasteiger partial charge in [0.05, 0.1) is 17.5 Å². The first kappa shape index (κ1) is 12.4. The van der Waals surface area contributed by atoms with Crippen molar-refractivity contribution in [2.24, 2.45) is 0 Å². The summed E-state index contributed by atoms with van der Waals surface area (Å²) in [6, 6.07) is 5.04. The fourth-order valence-corrected chi connectivity index (χ4v) is 1.70. The lowest BCUT2D eigenvalue weighted by molar-refractivity contribution is 0.102. The van der Waals surface area contributed by atoms with Crippen LogP contribution in [0.15, 0.2) is 35.1 Å². The van der Waals surface area contributed by atoms with Crippen LogP contribution in [-0.4, -0.2) is 25.0 Å². The van der Waals surface area contributed by atoms with E-state index in [0.29, 0.717) is 17.1 Å². The first-order chi connectivity index (χ1) is 8.59. The summed E-state index contributed by atoms with van der Waals surface area (Å²) in [6.45, 7) is 0. The Hall–Kier alpha value is -2.01. The molecule has 0 saturated heterocycles. The Morgan fingerprint density at radius 2 is 2.22 bits per heavy atom. The van der Waals surface area contributed by atoms with Crippen LogP contribution in [0.5, 0.6) is 0 Å². The molecule has 0 radical (unpaired) electrons. The number of amides is 1. The lowest BCUT2D eigenvalue weighted by Crippen LogP contribution is -2.17. The molecular formula is C12H12ClN3O2. The van der Waals surface area contributed by atoms with E-state index >= 15 is 0 Å². The van der Waals surface area contributed by atoms with E-state index in [9.17, 15) is 4.79 Å². The third kappa shape index (κ3) is 2.46. The second kappa shape index (κ2) is 5.10. The van der Waals surface area contributed by atoms with E-state index in [0.717, 1.165) is 0 Å². The Morgan fingerprint density at radius 1 is 1.44 bits per heavy atom. The van der Waals surface area contributed by atoms with Crippen molar-refractivity contribution in [1.29, 1.82) is 0 Å². The molecule has 1 amide bonds. The minimum Gasteiger partial charge on any atom is -0.452 e. The van der Waals surface area contributed by atoms with Gasteiger partial charge in [0.15, 0.2) is 5.82 Å². The van der Waals surface area contributed by atoms with Crippen LogP contribution >= 0.6 is 11.6 Å². The van der Waals surface area contributed by atoms with Crippen molar-refractivity contribution < 1.29 is 9.21 Å². The molecule has 5 nitrogen and oxygen atoms in total. The van der Waals surface area contributed by atoms with Crippen LogP contribution in [0.4, 0.5) is 11.5 Å². The van der Waals surface area contributed by atoms with Gasteiger partial charge in [-0.15, -0.1) is 0 Å². The number of nitrogens with zero attached hydrogens (tertiary/aromatic N) is 2. The summed E-state index contributed by atoms with van der Waals surface area (Å²) in [6.07, 6.45) is 3.03. The third-order valence-corrected chi connectivity index (χ3v) is 2.61. The van der Waals surface area contributed by atoms with Crippen LogP contribution in [0, 0.1) is 0 Å². The van der Waals surface area contributed by atoms with Gasteiger partial charge in [-0.3, -0.25) is 4.79 Å². The monoisotopic (exact) mass is 265 g/mol. The number of nitrogens with one attached hydrogen (secondary N) is 1. The minimum absolute atomic E-state index is 0.0720. The van der Waals surface area contributed by atoms with E-state index in [1.54, 1.807) is 18.3 Å². The van der Waals surface area contributed by atoms with Crippen molar-refractivity contribution in [3.8, 4) is 0 Å². The Labute approximate surface area is 109 Å². The lowest BCUT2D eigenvalue weighted by atomic mass is 10.3. The molecule has 0 aliphatic carbocycles. The van der Waals surface area contributed by atoms with Crippen LogP contribution in [-0.2, 0) is 0 Å². The van der Waals surface area contributed by atoms with Crippen molar-refractivity contribution in [2.45, 2.75) is 0 Å². The van der Waals surface area contributed by atoms with Crippen molar-refractivity contribution in [3.63, 3.8) is 0 Å². The number of furan rings is 1. The number of halogens is 1. The molecule has 0 saturated carbocycles. The summed E-state index contributed by atoms with van der Waals surface area (Å²) in [5.41, 5.74) is 0.912. The Kier molecular flexibility index (Phi) is 3.53. The average Bonchev–Trinajstić information content (AvgIpc) is 2.76. The fraction of sp³-hybridized carbons (Fsp3) is 0.167. The molecule has 0 aliphatic heterocycles. The summed E-state index contributed by atoms with van der Waals surface area (Å²) in [7, 11) is 3.70. The second-order valence-corrected chi connectivity index (χ2v) is 4.17. The largest absolute Gasteiger partial charge is 0.452 e. The van der Waals surface area contributed by atoms with Gasteiger partial charge in [0.2, 0.25) is 5.22 Å². The van der Waals surface area contributed by atoms with E-state index in [2.05, 4.69) is 10.3 Å². The fourth-order valence-electron chi connectivity index (χ4n) is 1.50. The average molecular weight is 266 g/mol. The number of pyridine rings is 1. The zero-order valence-corrected chi connectivity index (χ0v) is 10.7. The number of carbonyl (C=O) groups excluding carboxylic acids is 1. The van der Waals surface area contributed by atoms with Crippen molar-refractivity contribution in [3.05, 3.63) is 41.4 Å². The SMILES string of the molecule is CN(C)c1ncccc1NC(=O)c1ccoc1Cl. The number of carbonyl (C=O) groups is 1. The van der Waals surface area contributed by atoms with E-state index in [1.165, 1.54) is 12.3 Å². The molecule has 2 aromatic heterocycles. The maximum atomic E-state index is 12.0. The Bertz CT molecular complexity index is 566. The normalized spacial score (nSPS) is 10.2. The topological polar surface area (TPSA) is 58.4 Å². The summed E-state index contributed by atoms with van der Waals surface area (Å²) < 4.78 is 4.88. The van der Waals surface area contributed by atoms with Gasteiger partial charge in [-0.05, 0) is 29.8 Å². The second-order valence-electron chi connectivity index (χ2n) is 3.83. The smallest absolute Gasteiger partial charge is 0.260 e. The van der Waals surface area contributed by atoms with E-state index < -0.39 is 0 Å². The molecule has 1 N–H and O–H groups in total. The predicted molar refractivity (Wildman–Crippen MR) is 70.2 cm³/mol. The van der Waals surface area contributed by atoms with Gasteiger partial charge in [0.25, 0.3) is 5.91 Å². The Morgan fingerprint density at radius 3 is 2.83 bits per heavy atom. The number of hydrogen-bond acceptors (Lipinski definition) is 4. The molecule has 0 spiro atoms. The number of aromatic nitrogens is 1. The standard InChI is InChI=1S/C12H12ClN3O2/c1-16(2)11-9(4-3-6-14-11)15-12(17)8-5-7-18-10(8)13/h3-7H,1-2H3,(H,15,17). The maximum Gasteiger partial charge on any atom is 0.260 e. The number of rotatable bonds is 3. The quantitative estimate of drug-likeness (QED) is 0.927. The van der Waals surface area contributed by atoms with Crippen molar-refractivity contribution in [2.75, 3.05) is 24.3 Å². The molecule has 18 heavy (non-hydrogen) atoms. The molecule has 2 aromatic rings. The summed E-state index contributed by atoms with van der Waals surface area (Å²) in [5.74, 6) is 0.343. The van der Waals surface area contributed by atoms with E-state index in [4.69, 9.17) is 16.0 Å². The van der Waals surface area contributed by atoms with Gasteiger partial charge < -0.3 is 14.6 Å². The third-order valence-electron chi connectivity index (χ3n) is 2.32. The van der Waals surface area contributed by atoms with E-state index in [-0.39, 0.29) is 11.1 Å². The van der Waals surface area contributed by atoms with Gasteiger partial charge in [0.1, 0.15) is 0 Å². The molecule has 0 atom stereocenters. The highest BCUT2D eigenvalue weighted by Gasteiger charge is 2.15. The van der Waals surface area contributed by atoms with Gasteiger partial charge in [0, 0.05) is 20.3 Å². The lowest BCUT2D eigenvalue weighted by Gasteiger charge is -2.15. The molecule has 0 fully saturated rings. The van der Waals surface area contributed by atoms with Gasteiger partial charge in [-0.2, -0.15) is 0 Å². The number of hydrogen-bond donors (Lipinski definition) is 1. The Balaban J connectivity index is 2.25. The highest BCUT2D eigenvalue weighted by atomic mass is 35.5. The van der Waals surface area contributed by atoms with Gasteiger partial charge in [-0.1, -0.05) is 0 Å². The first-order valence-electron chi connectivity index (χ1n) is 5.26. The molecule has 0 aliphatic rings. The summed E-state index contributed by atoms with van der Waals surface area (Å²) >= 11 is 5.75. The van der Waals surface area contributed by atoms with Crippen LogP contribution in [0.3, 0.4) is 0 Å². The molecule has 2 rings (SSSR count). The molecule has 94 valence electrons. The van der Waals surface area contributed by atoms with Crippen LogP contribution in [0.2, 0.25) is 5.22 Å².